The van der Waals surface area contributed by atoms with Crippen LogP contribution in [0.25, 0.3) is 0 Å². The van der Waals surface area contributed by atoms with E-state index in [-0.39, 0.29) is 23.3 Å². The molecule has 0 radical (unpaired) electrons. The molecule has 0 aliphatic rings. The largest absolute Gasteiger partial charge is 0.469 e. The topological polar surface area (TPSA) is 95.7 Å². The van der Waals surface area contributed by atoms with E-state index in [4.69, 9.17) is 0 Å². The SMILES string of the molecule is COC(=O)CCCCCCCCCCCCC(CCCC(=O)OC)[N+](=O)[O-]. The van der Waals surface area contributed by atoms with Gasteiger partial charge in [-0.2, -0.15) is 0 Å². The fourth-order valence-corrected chi connectivity index (χ4v) is 3.10. The normalized spacial score (nSPS) is 11.8. The monoisotopic (exact) mass is 387 g/mol. The summed E-state index contributed by atoms with van der Waals surface area (Å²) in [6.07, 6.45) is 13.3. The van der Waals surface area contributed by atoms with E-state index < -0.39 is 6.04 Å². The van der Waals surface area contributed by atoms with Crippen LogP contribution in [0.3, 0.4) is 0 Å². The molecule has 0 spiro atoms. The second-order valence-electron chi connectivity index (χ2n) is 7.06. The zero-order valence-electron chi connectivity index (χ0n) is 17.1. The Morgan fingerprint density at radius 2 is 1.07 bits per heavy atom. The van der Waals surface area contributed by atoms with Gasteiger partial charge in [0.05, 0.1) is 14.2 Å². The van der Waals surface area contributed by atoms with Crippen molar-refractivity contribution in [1.29, 1.82) is 0 Å². The molecule has 0 aromatic carbocycles. The summed E-state index contributed by atoms with van der Waals surface area (Å²) in [7, 11) is 2.75. The second-order valence-corrected chi connectivity index (χ2v) is 7.06. The van der Waals surface area contributed by atoms with Crippen LogP contribution in [0, 0.1) is 10.1 Å². The first-order chi connectivity index (χ1) is 13.0. The van der Waals surface area contributed by atoms with E-state index in [2.05, 4.69) is 9.47 Å². The summed E-state index contributed by atoms with van der Waals surface area (Å²) in [6, 6.07) is -0.542. The molecule has 0 saturated carbocycles. The fourth-order valence-electron chi connectivity index (χ4n) is 3.10. The number of nitrogens with zero attached hydrogens (tertiary/aromatic N) is 1. The van der Waals surface area contributed by atoms with Crippen molar-refractivity contribution in [2.75, 3.05) is 14.2 Å². The molecule has 0 saturated heterocycles. The lowest BCUT2D eigenvalue weighted by Gasteiger charge is -2.09. The van der Waals surface area contributed by atoms with Crippen molar-refractivity contribution in [2.45, 2.75) is 102 Å². The molecule has 158 valence electrons. The number of nitro groups is 1. The molecule has 0 fully saturated rings. The maximum absolute atomic E-state index is 11.1. The molecule has 7 nitrogen and oxygen atoms in total. The Kier molecular flexibility index (Phi) is 16.6. The van der Waals surface area contributed by atoms with Gasteiger partial charge in [0.2, 0.25) is 6.04 Å². The molecule has 0 N–H and O–H groups in total. The van der Waals surface area contributed by atoms with Gasteiger partial charge in [-0.25, -0.2) is 0 Å². The van der Waals surface area contributed by atoms with Gasteiger partial charge in [0.1, 0.15) is 0 Å². The zero-order chi connectivity index (χ0) is 20.3. The van der Waals surface area contributed by atoms with Crippen molar-refractivity contribution in [3.05, 3.63) is 10.1 Å². The van der Waals surface area contributed by atoms with E-state index in [1.54, 1.807) is 0 Å². The molecule has 7 heteroatoms. The number of carbonyl (C=O) groups excluding carboxylic acids is 2. The number of ether oxygens (including phenoxy) is 2. The van der Waals surface area contributed by atoms with Crippen molar-refractivity contribution in [3.63, 3.8) is 0 Å². The molecule has 27 heavy (non-hydrogen) atoms. The van der Waals surface area contributed by atoms with Crippen LogP contribution in [-0.4, -0.2) is 37.1 Å². The van der Waals surface area contributed by atoms with Crippen molar-refractivity contribution in [3.8, 4) is 0 Å². The molecule has 0 amide bonds. The third kappa shape index (κ3) is 16.3. The van der Waals surface area contributed by atoms with Crippen LogP contribution in [0.4, 0.5) is 0 Å². The first kappa shape index (κ1) is 25.3. The highest BCUT2D eigenvalue weighted by atomic mass is 16.6. The summed E-state index contributed by atoms with van der Waals surface area (Å²) in [5.41, 5.74) is 0. The summed E-state index contributed by atoms with van der Waals surface area (Å²) in [5.74, 6) is -0.432. The molecule has 0 aliphatic carbocycles. The molecule has 0 aromatic rings. The Bertz CT molecular complexity index is 413. The third-order valence-corrected chi connectivity index (χ3v) is 4.84. The molecule has 0 heterocycles. The minimum Gasteiger partial charge on any atom is -0.469 e. The van der Waals surface area contributed by atoms with E-state index >= 15 is 0 Å². The Hall–Kier alpha value is -1.66. The predicted molar refractivity (Wildman–Crippen MR) is 104 cm³/mol. The number of hydrogen-bond donors (Lipinski definition) is 0. The first-order valence-electron chi connectivity index (χ1n) is 10.3. The zero-order valence-corrected chi connectivity index (χ0v) is 17.1. The Morgan fingerprint density at radius 1 is 0.704 bits per heavy atom. The van der Waals surface area contributed by atoms with Gasteiger partial charge in [0, 0.05) is 30.6 Å². The molecule has 1 atom stereocenters. The van der Waals surface area contributed by atoms with E-state index in [1.165, 1.54) is 39.9 Å². The summed E-state index contributed by atoms with van der Waals surface area (Å²) < 4.78 is 9.16. The highest BCUT2D eigenvalue weighted by molar-refractivity contribution is 5.69. The highest BCUT2D eigenvalue weighted by Gasteiger charge is 2.19. The van der Waals surface area contributed by atoms with Crippen molar-refractivity contribution in [1.82, 2.24) is 0 Å². The average molecular weight is 388 g/mol. The predicted octanol–water partition coefficient (Wildman–Crippen LogP) is 4.83. The van der Waals surface area contributed by atoms with Crippen molar-refractivity contribution in [2.24, 2.45) is 0 Å². The lowest BCUT2D eigenvalue weighted by atomic mass is 10.0. The van der Waals surface area contributed by atoms with Crippen molar-refractivity contribution < 1.29 is 24.0 Å². The maximum atomic E-state index is 11.1. The number of hydrogen-bond acceptors (Lipinski definition) is 6. The van der Waals surface area contributed by atoms with E-state index in [1.807, 2.05) is 0 Å². The van der Waals surface area contributed by atoms with Crippen LogP contribution in [0.5, 0.6) is 0 Å². The van der Waals surface area contributed by atoms with Crippen LogP contribution in [0.2, 0.25) is 0 Å². The lowest BCUT2D eigenvalue weighted by Crippen LogP contribution is -2.19. The Morgan fingerprint density at radius 3 is 1.52 bits per heavy atom. The molecule has 0 bridgehead atoms. The number of carbonyl (C=O) groups is 2. The maximum Gasteiger partial charge on any atom is 0.305 e. The average Bonchev–Trinajstić information content (AvgIpc) is 2.66. The summed E-state index contributed by atoms with van der Waals surface area (Å²) in [4.78, 5) is 32.9. The van der Waals surface area contributed by atoms with Crippen molar-refractivity contribution >= 4 is 11.9 Å². The standard InChI is InChI=1S/C20H37NO6/c1-26-19(22)16-12-10-8-6-4-3-5-7-9-11-14-18(21(24)25)15-13-17-20(23)27-2/h18H,3-17H2,1-2H3. The van der Waals surface area contributed by atoms with Crippen LogP contribution in [0.15, 0.2) is 0 Å². The quantitative estimate of drug-likeness (QED) is 0.145. The van der Waals surface area contributed by atoms with Crippen LogP contribution in [0.1, 0.15) is 96.3 Å². The minimum atomic E-state index is -0.542. The Labute approximate surface area is 163 Å². The highest BCUT2D eigenvalue weighted by Crippen LogP contribution is 2.16. The molecule has 0 aliphatic heterocycles. The second kappa shape index (κ2) is 17.7. The van der Waals surface area contributed by atoms with E-state index in [0.717, 1.165) is 38.5 Å². The van der Waals surface area contributed by atoms with Crippen LogP contribution in [-0.2, 0) is 19.1 Å². The van der Waals surface area contributed by atoms with Gasteiger partial charge >= 0.3 is 11.9 Å². The fraction of sp³-hybridized carbons (Fsp3) is 0.900. The summed E-state index contributed by atoms with van der Waals surface area (Å²) in [5, 5.41) is 11.1. The molecule has 0 rings (SSSR count). The Balaban J connectivity index is 3.48. The van der Waals surface area contributed by atoms with E-state index in [0.29, 0.717) is 25.7 Å². The number of methoxy groups -OCH3 is 2. The number of unbranched alkanes of at least 4 members (excludes halogenated alkanes) is 9. The summed E-state index contributed by atoms with van der Waals surface area (Å²) >= 11 is 0. The molecular formula is C20H37NO6. The molecule has 1 unspecified atom stereocenters. The smallest absolute Gasteiger partial charge is 0.305 e. The van der Waals surface area contributed by atoms with Crippen LogP contribution >= 0.6 is 0 Å². The number of esters is 2. The van der Waals surface area contributed by atoms with E-state index in [9.17, 15) is 19.7 Å². The van der Waals surface area contributed by atoms with Crippen LogP contribution < -0.4 is 0 Å². The molecular weight excluding hydrogens is 350 g/mol. The lowest BCUT2D eigenvalue weighted by molar-refractivity contribution is -0.524. The third-order valence-electron chi connectivity index (χ3n) is 4.84. The summed E-state index contributed by atoms with van der Waals surface area (Å²) in [6.45, 7) is 0. The minimum absolute atomic E-state index is 0.127. The van der Waals surface area contributed by atoms with Gasteiger partial charge in [-0.15, -0.1) is 0 Å². The first-order valence-corrected chi connectivity index (χ1v) is 10.3. The van der Waals surface area contributed by atoms with Gasteiger partial charge in [-0.1, -0.05) is 51.4 Å². The number of rotatable bonds is 18. The molecule has 0 aromatic heterocycles. The van der Waals surface area contributed by atoms with Gasteiger partial charge < -0.3 is 9.47 Å². The van der Waals surface area contributed by atoms with Gasteiger partial charge in [0.25, 0.3) is 0 Å². The van der Waals surface area contributed by atoms with Gasteiger partial charge in [-0.3, -0.25) is 19.7 Å². The van der Waals surface area contributed by atoms with Gasteiger partial charge in [0.15, 0.2) is 0 Å². The van der Waals surface area contributed by atoms with Gasteiger partial charge in [-0.05, 0) is 19.3 Å².